The summed E-state index contributed by atoms with van der Waals surface area (Å²) in [6.07, 6.45) is -2.53. The molecule has 0 saturated heterocycles. The zero-order valence-electron chi connectivity index (χ0n) is 11.6. The Labute approximate surface area is 116 Å². The number of carbonyl (C=O) groups excluding carboxylic acids is 1. The molecule has 20 heavy (non-hydrogen) atoms. The fourth-order valence-electron chi connectivity index (χ4n) is 1.63. The van der Waals surface area contributed by atoms with Crippen LogP contribution in [0, 0.1) is 6.92 Å². The molecule has 2 N–H and O–H groups in total. The fourth-order valence-corrected chi connectivity index (χ4v) is 1.63. The van der Waals surface area contributed by atoms with E-state index in [-0.39, 0.29) is 12.5 Å². The molecule has 3 nitrogen and oxygen atoms in total. The SMILES string of the molecule is CCCCNC(=O)CNc1cc(C(F)(F)F)ccc1C. The maximum Gasteiger partial charge on any atom is 0.416 e. The summed E-state index contributed by atoms with van der Waals surface area (Å²) >= 11 is 0. The van der Waals surface area contributed by atoms with Crippen molar-refractivity contribution in [3.8, 4) is 0 Å². The van der Waals surface area contributed by atoms with E-state index in [2.05, 4.69) is 10.6 Å². The molecule has 0 atom stereocenters. The van der Waals surface area contributed by atoms with Gasteiger partial charge in [-0.25, -0.2) is 0 Å². The lowest BCUT2D eigenvalue weighted by atomic mass is 10.1. The summed E-state index contributed by atoms with van der Waals surface area (Å²) < 4.78 is 37.8. The molecule has 1 aromatic carbocycles. The van der Waals surface area contributed by atoms with Gasteiger partial charge >= 0.3 is 6.18 Å². The lowest BCUT2D eigenvalue weighted by Crippen LogP contribution is -2.30. The Bertz CT molecular complexity index is 458. The minimum absolute atomic E-state index is 0.0358. The molecule has 1 aromatic rings. The van der Waals surface area contributed by atoms with Gasteiger partial charge in [-0.15, -0.1) is 0 Å². The summed E-state index contributed by atoms with van der Waals surface area (Å²) in [5.74, 6) is -0.227. The summed E-state index contributed by atoms with van der Waals surface area (Å²) in [5.41, 5.74) is 0.266. The summed E-state index contributed by atoms with van der Waals surface area (Å²) in [5, 5.41) is 5.43. The molecule has 0 aliphatic rings. The van der Waals surface area contributed by atoms with Crippen molar-refractivity contribution in [3.63, 3.8) is 0 Å². The average Bonchev–Trinajstić information content (AvgIpc) is 2.36. The van der Waals surface area contributed by atoms with Crippen molar-refractivity contribution in [1.82, 2.24) is 5.32 Å². The van der Waals surface area contributed by atoms with E-state index < -0.39 is 11.7 Å². The van der Waals surface area contributed by atoms with E-state index in [0.29, 0.717) is 17.8 Å². The van der Waals surface area contributed by atoms with Gasteiger partial charge in [-0.1, -0.05) is 19.4 Å². The number of anilines is 1. The van der Waals surface area contributed by atoms with Crippen molar-refractivity contribution >= 4 is 11.6 Å². The quantitative estimate of drug-likeness (QED) is 0.788. The molecule has 0 radical (unpaired) electrons. The first-order valence-corrected chi connectivity index (χ1v) is 6.53. The number of hydrogen-bond acceptors (Lipinski definition) is 2. The maximum atomic E-state index is 12.6. The van der Waals surface area contributed by atoms with Crippen LogP contribution >= 0.6 is 0 Å². The van der Waals surface area contributed by atoms with Gasteiger partial charge in [0.25, 0.3) is 0 Å². The van der Waals surface area contributed by atoms with Crippen molar-refractivity contribution in [1.29, 1.82) is 0 Å². The van der Waals surface area contributed by atoms with E-state index in [1.807, 2.05) is 6.92 Å². The van der Waals surface area contributed by atoms with Crippen molar-refractivity contribution in [2.24, 2.45) is 0 Å². The minimum atomic E-state index is -4.38. The average molecular weight is 288 g/mol. The second kappa shape index (κ2) is 7.17. The number of unbranched alkanes of at least 4 members (excludes halogenated alkanes) is 1. The molecule has 0 saturated carbocycles. The molecule has 0 fully saturated rings. The number of benzene rings is 1. The van der Waals surface area contributed by atoms with Crippen LogP contribution < -0.4 is 10.6 Å². The van der Waals surface area contributed by atoms with Gasteiger partial charge in [-0.3, -0.25) is 4.79 Å². The lowest BCUT2D eigenvalue weighted by molar-refractivity contribution is -0.137. The van der Waals surface area contributed by atoms with Crippen LogP contribution in [0.3, 0.4) is 0 Å². The van der Waals surface area contributed by atoms with Crippen LogP contribution in [0.2, 0.25) is 0 Å². The number of alkyl halides is 3. The van der Waals surface area contributed by atoms with Gasteiger partial charge in [-0.05, 0) is 31.0 Å². The Morgan fingerprint density at radius 3 is 2.60 bits per heavy atom. The predicted octanol–water partition coefficient (Wildman–Crippen LogP) is 3.34. The third-order valence-electron chi connectivity index (χ3n) is 2.86. The van der Waals surface area contributed by atoms with Gasteiger partial charge in [-0.2, -0.15) is 13.2 Å². The Morgan fingerprint density at radius 2 is 2.00 bits per heavy atom. The van der Waals surface area contributed by atoms with Crippen molar-refractivity contribution in [2.75, 3.05) is 18.4 Å². The van der Waals surface area contributed by atoms with Gasteiger partial charge in [0.2, 0.25) is 5.91 Å². The van der Waals surface area contributed by atoms with Gasteiger partial charge in [0, 0.05) is 12.2 Å². The second-order valence-electron chi connectivity index (χ2n) is 4.58. The Morgan fingerprint density at radius 1 is 1.30 bits per heavy atom. The number of nitrogens with one attached hydrogen (secondary N) is 2. The second-order valence-corrected chi connectivity index (χ2v) is 4.58. The summed E-state index contributed by atoms with van der Waals surface area (Å²) in [6.45, 7) is 4.25. The monoisotopic (exact) mass is 288 g/mol. The third kappa shape index (κ3) is 5.11. The predicted molar refractivity (Wildman–Crippen MR) is 72.6 cm³/mol. The molecule has 0 aromatic heterocycles. The van der Waals surface area contributed by atoms with E-state index in [1.165, 1.54) is 6.07 Å². The van der Waals surface area contributed by atoms with Crippen molar-refractivity contribution in [3.05, 3.63) is 29.3 Å². The number of carbonyl (C=O) groups is 1. The van der Waals surface area contributed by atoms with E-state index >= 15 is 0 Å². The van der Waals surface area contributed by atoms with Gasteiger partial charge < -0.3 is 10.6 Å². The molecule has 1 rings (SSSR count). The molecular weight excluding hydrogens is 269 g/mol. The number of hydrogen-bond donors (Lipinski definition) is 2. The summed E-state index contributed by atoms with van der Waals surface area (Å²) in [4.78, 5) is 11.5. The number of amides is 1. The van der Waals surface area contributed by atoms with Crippen LogP contribution in [0.4, 0.5) is 18.9 Å². The van der Waals surface area contributed by atoms with Gasteiger partial charge in [0.05, 0.1) is 12.1 Å². The highest BCUT2D eigenvalue weighted by Gasteiger charge is 2.30. The Hall–Kier alpha value is -1.72. The van der Waals surface area contributed by atoms with Gasteiger partial charge in [0.1, 0.15) is 0 Å². The van der Waals surface area contributed by atoms with E-state index in [9.17, 15) is 18.0 Å². The van der Waals surface area contributed by atoms with Crippen LogP contribution in [0.25, 0.3) is 0 Å². The van der Waals surface area contributed by atoms with Crippen molar-refractivity contribution in [2.45, 2.75) is 32.9 Å². The van der Waals surface area contributed by atoms with E-state index in [0.717, 1.165) is 25.0 Å². The highest BCUT2D eigenvalue weighted by Crippen LogP contribution is 2.31. The van der Waals surface area contributed by atoms with E-state index in [1.54, 1.807) is 6.92 Å². The molecule has 0 heterocycles. The van der Waals surface area contributed by atoms with Gasteiger partial charge in [0.15, 0.2) is 0 Å². The Balaban J connectivity index is 2.61. The third-order valence-corrected chi connectivity index (χ3v) is 2.86. The first kappa shape index (κ1) is 16.3. The highest BCUT2D eigenvalue weighted by atomic mass is 19.4. The Kier molecular flexibility index (Phi) is 5.85. The molecule has 0 spiro atoms. The van der Waals surface area contributed by atoms with Crippen LogP contribution in [0.5, 0.6) is 0 Å². The molecular formula is C14H19F3N2O. The molecule has 0 bridgehead atoms. The summed E-state index contributed by atoms with van der Waals surface area (Å²) in [7, 11) is 0. The first-order chi connectivity index (χ1) is 9.34. The van der Waals surface area contributed by atoms with E-state index in [4.69, 9.17) is 0 Å². The standard InChI is InChI=1S/C14H19F3N2O/c1-3-4-7-18-13(20)9-19-12-8-11(14(15,16)17)6-5-10(12)2/h5-6,8,19H,3-4,7,9H2,1-2H3,(H,18,20). The minimum Gasteiger partial charge on any atom is -0.376 e. The molecule has 1 amide bonds. The van der Waals surface area contributed by atoms with Crippen LogP contribution in [-0.4, -0.2) is 19.0 Å². The molecule has 0 aliphatic heterocycles. The molecule has 0 aliphatic carbocycles. The zero-order valence-corrected chi connectivity index (χ0v) is 11.6. The van der Waals surface area contributed by atoms with Crippen LogP contribution in [0.1, 0.15) is 30.9 Å². The van der Waals surface area contributed by atoms with Crippen LogP contribution in [-0.2, 0) is 11.0 Å². The number of aryl methyl sites for hydroxylation is 1. The highest BCUT2D eigenvalue weighted by molar-refractivity contribution is 5.80. The number of halogens is 3. The fraction of sp³-hybridized carbons (Fsp3) is 0.500. The molecule has 112 valence electrons. The lowest BCUT2D eigenvalue weighted by Gasteiger charge is -2.13. The molecule has 0 unspecified atom stereocenters. The van der Waals surface area contributed by atoms with Crippen molar-refractivity contribution < 1.29 is 18.0 Å². The summed E-state index contributed by atoms with van der Waals surface area (Å²) in [6, 6.07) is 3.44. The largest absolute Gasteiger partial charge is 0.416 e. The normalized spacial score (nSPS) is 11.2. The zero-order chi connectivity index (χ0) is 15.2. The maximum absolute atomic E-state index is 12.6. The first-order valence-electron chi connectivity index (χ1n) is 6.53. The molecule has 6 heteroatoms. The smallest absolute Gasteiger partial charge is 0.376 e. The topological polar surface area (TPSA) is 41.1 Å². The van der Waals surface area contributed by atoms with Crippen LogP contribution in [0.15, 0.2) is 18.2 Å². The number of rotatable bonds is 6.